The number of para-hydroxylation sites is 1. The molecule has 32 heavy (non-hydrogen) atoms. The van der Waals surface area contributed by atoms with E-state index in [1.807, 2.05) is 6.07 Å². The zero-order chi connectivity index (χ0) is 22.6. The molecular formula is C23H27FN4O3S. The smallest absolute Gasteiger partial charge is 0.240 e. The Morgan fingerprint density at radius 2 is 1.78 bits per heavy atom. The zero-order valence-corrected chi connectivity index (χ0v) is 18.8. The number of piperazine rings is 1. The lowest BCUT2D eigenvalue weighted by atomic mass is 10.2. The third-order valence-electron chi connectivity index (χ3n) is 5.59. The molecule has 3 aromatic rings. The van der Waals surface area contributed by atoms with Crippen LogP contribution >= 0.6 is 0 Å². The number of hydrogen-bond acceptors (Lipinski definition) is 6. The zero-order valence-electron chi connectivity index (χ0n) is 18.0. The molecule has 0 saturated carbocycles. The second kappa shape index (κ2) is 9.81. The van der Waals surface area contributed by atoms with Gasteiger partial charge in [-0.2, -0.15) is 0 Å². The number of nitrogens with zero attached hydrogens (tertiary/aromatic N) is 3. The van der Waals surface area contributed by atoms with E-state index in [1.54, 1.807) is 49.6 Å². The van der Waals surface area contributed by atoms with Gasteiger partial charge in [0.05, 0.1) is 10.6 Å². The lowest BCUT2D eigenvalue weighted by Gasteiger charge is -2.36. The number of nitrogens with one attached hydrogen (secondary N) is 1. The highest BCUT2D eigenvalue weighted by Crippen LogP contribution is 2.21. The summed E-state index contributed by atoms with van der Waals surface area (Å²) in [5.74, 6) is 0.367. The van der Waals surface area contributed by atoms with Crippen LogP contribution in [0.1, 0.15) is 12.3 Å². The number of hydrogen-bond donors (Lipinski definition) is 1. The summed E-state index contributed by atoms with van der Waals surface area (Å²) in [7, 11) is -3.57. The lowest BCUT2D eigenvalue weighted by Crippen LogP contribution is -2.47. The highest BCUT2D eigenvalue weighted by atomic mass is 32.2. The van der Waals surface area contributed by atoms with E-state index in [9.17, 15) is 12.8 Å². The molecule has 9 heteroatoms. The van der Waals surface area contributed by atoms with Crippen LogP contribution in [0.2, 0.25) is 0 Å². The summed E-state index contributed by atoms with van der Waals surface area (Å²) in [6, 6.07) is 13.4. The first-order valence-electron chi connectivity index (χ1n) is 10.7. The number of aryl methyl sites for hydroxylation is 1. The van der Waals surface area contributed by atoms with Crippen LogP contribution < -0.4 is 9.62 Å². The summed E-state index contributed by atoms with van der Waals surface area (Å²) in [5, 5.41) is 0. The fourth-order valence-corrected chi connectivity index (χ4v) is 4.89. The molecule has 0 amide bonds. The Kier molecular flexibility index (Phi) is 6.88. The molecule has 4 rings (SSSR count). The molecule has 1 saturated heterocycles. The molecule has 7 nitrogen and oxygen atoms in total. The molecule has 1 aromatic heterocycles. The van der Waals surface area contributed by atoms with Gasteiger partial charge in [0.1, 0.15) is 17.8 Å². The molecule has 1 aliphatic rings. The number of oxazole rings is 1. The Labute approximate surface area is 187 Å². The molecule has 2 heterocycles. The topological polar surface area (TPSA) is 78.7 Å². The van der Waals surface area contributed by atoms with Crippen molar-refractivity contribution in [2.75, 3.05) is 44.2 Å². The van der Waals surface area contributed by atoms with Crippen molar-refractivity contribution in [3.8, 4) is 11.3 Å². The molecule has 1 fully saturated rings. The van der Waals surface area contributed by atoms with Gasteiger partial charge < -0.3 is 9.32 Å². The molecule has 170 valence electrons. The maximum Gasteiger partial charge on any atom is 0.240 e. The summed E-state index contributed by atoms with van der Waals surface area (Å²) >= 11 is 0. The predicted molar refractivity (Wildman–Crippen MR) is 122 cm³/mol. The summed E-state index contributed by atoms with van der Waals surface area (Å²) in [6.45, 7) is 6.07. The Hall–Kier alpha value is -2.75. The molecule has 0 unspecified atom stereocenters. The maximum atomic E-state index is 14.0. The van der Waals surface area contributed by atoms with E-state index >= 15 is 0 Å². The minimum atomic E-state index is -3.57. The van der Waals surface area contributed by atoms with Gasteiger partial charge in [-0.05, 0) is 37.2 Å². The molecule has 1 N–H and O–H groups in total. The van der Waals surface area contributed by atoms with E-state index in [0.717, 1.165) is 38.3 Å². The van der Waals surface area contributed by atoms with Crippen molar-refractivity contribution in [1.82, 2.24) is 14.6 Å². The number of aromatic nitrogens is 1. The third-order valence-corrected chi connectivity index (χ3v) is 7.06. The summed E-state index contributed by atoms with van der Waals surface area (Å²) in [6.07, 6.45) is 2.25. The predicted octanol–water partition coefficient (Wildman–Crippen LogP) is 3.28. The first-order valence-corrected chi connectivity index (χ1v) is 12.1. The molecular weight excluding hydrogens is 431 g/mol. The first-order chi connectivity index (χ1) is 15.4. The minimum absolute atomic E-state index is 0.195. The highest BCUT2D eigenvalue weighted by Gasteiger charge is 2.19. The van der Waals surface area contributed by atoms with Crippen LogP contribution in [0.15, 0.2) is 64.1 Å². The van der Waals surface area contributed by atoms with Gasteiger partial charge >= 0.3 is 0 Å². The largest absolute Gasteiger partial charge is 0.449 e. The molecule has 0 spiro atoms. The molecule has 0 aliphatic carbocycles. The monoisotopic (exact) mass is 458 g/mol. The Balaban J connectivity index is 1.22. The van der Waals surface area contributed by atoms with Gasteiger partial charge in [-0.1, -0.05) is 24.3 Å². The maximum absolute atomic E-state index is 14.0. The fourth-order valence-electron chi connectivity index (χ4n) is 3.81. The number of rotatable bonds is 8. The number of anilines is 1. The first kappa shape index (κ1) is 22.4. The number of halogens is 1. The molecule has 2 aromatic carbocycles. The number of sulfonamides is 1. The van der Waals surface area contributed by atoms with Gasteiger partial charge in [0.25, 0.3) is 0 Å². The Bertz CT molecular complexity index is 1140. The van der Waals surface area contributed by atoms with Crippen LogP contribution in [0.3, 0.4) is 0 Å². The van der Waals surface area contributed by atoms with Gasteiger partial charge in [-0.15, -0.1) is 0 Å². The van der Waals surface area contributed by atoms with E-state index in [1.165, 1.54) is 6.07 Å². The van der Waals surface area contributed by atoms with E-state index in [0.29, 0.717) is 30.2 Å². The van der Waals surface area contributed by atoms with Crippen molar-refractivity contribution in [3.05, 3.63) is 66.5 Å². The van der Waals surface area contributed by atoms with Gasteiger partial charge in [-0.3, -0.25) is 4.90 Å². The second-order valence-electron chi connectivity index (χ2n) is 7.81. The molecule has 0 bridgehead atoms. The Morgan fingerprint density at radius 1 is 1.06 bits per heavy atom. The van der Waals surface area contributed by atoms with E-state index in [-0.39, 0.29) is 10.7 Å². The van der Waals surface area contributed by atoms with Crippen LogP contribution in [0.4, 0.5) is 10.1 Å². The van der Waals surface area contributed by atoms with Crippen LogP contribution in [0.5, 0.6) is 0 Å². The van der Waals surface area contributed by atoms with Crippen LogP contribution in [-0.4, -0.2) is 57.6 Å². The van der Waals surface area contributed by atoms with Gasteiger partial charge in [0.2, 0.25) is 10.0 Å². The third kappa shape index (κ3) is 5.35. The van der Waals surface area contributed by atoms with Gasteiger partial charge in [0.15, 0.2) is 5.89 Å². The highest BCUT2D eigenvalue weighted by molar-refractivity contribution is 7.89. The summed E-state index contributed by atoms with van der Waals surface area (Å²) < 4.78 is 47.0. The molecule has 1 aliphatic heterocycles. The quantitative estimate of drug-likeness (QED) is 0.522. The molecule has 0 radical (unpaired) electrons. The van der Waals surface area contributed by atoms with Gasteiger partial charge in [-0.25, -0.2) is 22.5 Å². The van der Waals surface area contributed by atoms with Crippen molar-refractivity contribution < 1.29 is 17.2 Å². The van der Waals surface area contributed by atoms with Crippen LogP contribution in [0.25, 0.3) is 11.3 Å². The van der Waals surface area contributed by atoms with Crippen molar-refractivity contribution >= 4 is 15.7 Å². The van der Waals surface area contributed by atoms with Crippen molar-refractivity contribution in [2.45, 2.75) is 18.2 Å². The van der Waals surface area contributed by atoms with Gasteiger partial charge in [0, 0.05) is 45.2 Å². The standard InChI is InChI=1S/C23H27FN4O3S/c1-18-26-22(17-31-18)19-7-9-20(10-8-19)32(29,30)25-11-4-12-27-13-15-28(16-14-27)23-6-3-2-5-21(23)24/h2-3,5-10,17,25H,4,11-16H2,1H3. The van der Waals surface area contributed by atoms with E-state index < -0.39 is 10.0 Å². The summed E-state index contributed by atoms with van der Waals surface area (Å²) in [5.41, 5.74) is 2.12. The Morgan fingerprint density at radius 3 is 2.44 bits per heavy atom. The van der Waals surface area contributed by atoms with Crippen LogP contribution in [0, 0.1) is 12.7 Å². The van der Waals surface area contributed by atoms with E-state index in [4.69, 9.17) is 4.42 Å². The normalized spacial score (nSPS) is 15.2. The second-order valence-corrected chi connectivity index (χ2v) is 9.57. The average molecular weight is 459 g/mol. The fraction of sp³-hybridized carbons (Fsp3) is 0.348. The number of benzene rings is 2. The minimum Gasteiger partial charge on any atom is -0.449 e. The average Bonchev–Trinajstić information content (AvgIpc) is 3.24. The molecule has 0 atom stereocenters. The summed E-state index contributed by atoms with van der Waals surface area (Å²) in [4.78, 5) is 8.80. The van der Waals surface area contributed by atoms with Crippen molar-refractivity contribution in [1.29, 1.82) is 0 Å². The lowest BCUT2D eigenvalue weighted by molar-refractivity contribution is 0.255. The van der Waals surface area contributed by atoms with Crippen molar-refractivity contribution in [3.63, 3.8) is 0 Å². The van der Waals surface area contributed by atoms with E-state index in [2.05, 4.69) is 19.5 Å². The SMILES string of the molecule is Cc1nc(-c2ccc(S(=O)(=O)NCCCN3CCN(c4ccccc4F)CC3)cc2)co1. The van der Waals surface area contributed by atoms with Crippen LogP contribution in [-0.2, 0) is 10.0 Å². The van der Waals surface area contributed by atoms with Crippen molar-refractivity contribution in [2.24, 2.45) is 0 Å².